The van der Waals surface area contributed by atoms with Gasteiger partial charge in [0.05, 0.1) is 6.61 Å². The van der Waals surface area contributed by atoms with Crippen LogP contribution in [-0.2, 0) is 9.53 Å². The van der Waals surface area contributed by atoms with Crippen LogP contribution in [-0.4, -0.2) is 43.5 Å². The minimum atomic E-state index is 0.253. The molecular formula is C10H21NO2. The fourth-order valence-electron chi connectivity index (χ4n) is 1.34. The van der Waals surface area contributed by atoms with Crippen LogP contribution >= 0.6 is 0 Å². The molecule has 0 amide bonds. The van der Waals surface area contributed by atoms with Crippen LogP contribution in [0.3, 0.4) is 0 Å². The zero-order valence-corrected chi connectivity index (χ0v) is 9.17. The normalized spacial score (nSPS) is 13.3. The lowest BCUT2D eigenvalue weighted by Gasteiger charge is -2.26. The zero-order valence-electron chi connectivity index (χ0n) is 9.17. The summed E-state index contributed by atoms with van der Waals surface area (Å²) in [5.74, 6) is 0.253. The topological polar surface area (TPSA) is 29.5 Å². The van der Waals surface area contributed by atoms with Crippen molar-refractivity contribution < 1.29 is 9.53 Å². The summed E-state index contributed by atoms with van der Waals surface area (Å²) in [5.41, 5.74) is 0. The molecule has 1 atom stereocenters. The molecule has 0 radical (unpaired) electrons. The summed E-state index contributed by atoms with van der Waals surface area (Å²) >= 11 is 0. The largest absolute Gasteiger partial charge is 0.383 e. The van der Waals surface area contributed by atoms with Crippen molar-refractivity contribution in [1.82, 2.24) is 4.90 Å². The Morgan fingerprint density at radius 1 is 1.54 bits per heavy atom. The first-order chi connectivity index (χ1) is 6.11. The molecule has 3 nitrogen and oxygen atoms in total. The van der Waals surface area contributed by atoms with E-state index in [4.69, 9.17) is 4.74 Å². The van der Waals surface area contributed by atoms with Crippen molar-refractivity contribution in [3.8, 4) is 0 Å². The number of hydrogen-bond acceptors (Lipinski definition) is 3. The number of nitrogens with zero attached hydrogens (tertiary/aromatic N) is 1. The number of Topliss-reactive ketones (excluding diaryl/α,β-unsaturated/α-hetero) is 1. The predicted molar refractivity (Wildman–Crippen MR) is 53.9 cm³/mol. The van der Waals surface area contributed by atoms with Crippen LogP contribution < -0.4 is 0 Å². The van der Waals surface area contributed by atoms with Gasteiger partial charge in [0.2, 0.25) is 0 Å². The van der Waals surface area contributed by atoms with E-state index >= 15 is 0 Å². The minimum Gasteiger partial charge on any atom is -0.383 e. The molecule has 0 heterocycles. The predicted octanol–water partition coefficient (Wildman–Crippen LogP) is 1.32. The van der Waals surface area contributed by atoms with Gasteiger partial charge >= 0.3 is 0 Å². The second-order valence-corrected chi connectivity index (χ2v) is 3.38. The average molecular weight is 187 g/mol. The van der Waals surface area contributed by atoms with Gasteiger partial charge in [-0.2, -0.15) is 0 Å². The summed E-state index contributed by atoms with van der Waals surface area (Å²) in [6.07, 6.45) is 0.641. The minimum absolute atomic E-state index is 0.253. The van der Waals surface area contributed by atoms with E-state index in [0.717, 1.165) is 19.7 Å². The van der Waals surface area contributed by atoms with E-state index in [9.17, 15) is 4.79 Å². The van der Waals surface area contributed by atoms with Crippen molar-refractivity contribution in [3.05, 3.63) is 0 Å². The molecule has 0 fully saturated rings. The number of hydrogen-bond donors (Lipinski definition) is 0. The van der Waals surface area contributed by atoms with Gasteiger partial charge in [0.15, 0.2) is 0 Å². The Bertz CT molecular complexity index is 148. The molecule has 78 valence electrons. The van der Waals surface area contributed by atoms with Crippen LogP contribution in [0.1, 0.15) is 27.2 Å². The molecule has 0 aromatic heterocycles. The maximum Gasteiger partial charge on any atom is 0.131 e. The Labute approximate surface area is 81.1 Å². The highest BCUT2D eigenvalue weighted by Crippen LogP contribution is 2.00. The number of ketones is 1. The smallest absolute Gasteiger partial charge is 0.131 e. The van der Waals surface area contributed by atoms with E-state index in [1.54, 1.807) is 14.0 Å². The molecule has 0 aliphatic heterocycles. The fourth-order valence-corrected chi connectivity index (χ4v) is 1.34. The standard InChI is InChI=1S/C10H21NO2/c1-5-11(7-6-10(3)12)9(2)8-13-4/h9H,5-8H2,1-4H3. The Hall–Kier alpha value is -0.410. The highest BCUT2D eigenvalue weighted by molar-refractivity contribution is 5.75. The van der Waals surface area contributed by atoms with E-state index in [0.29, 0.717) is 12.5 Å². The molecule has 0 aromatic carbocycles. The summed E-state index contributed by atoms with van der Waals surface area (Å²) in [4.78, 5) is 13.0. The van der Waals surface area contributed by atoms with Gasteiger partial charge in [-0.25, -0.2) is 0 Å². The third kappa shape index (κ3) is 5.77. The Kier molecular flexibility index (Phi) is 6.82. The second-order valence-electron chi connectivity index (χ2n) is 3.38. The lowest BCUT2D eigenvalue weighted by molar-refractivity contribution is -0.117. The molecule has 3 heteroatoms. The molecule has 0 bridgehead atoms. The highest BCUT2D eigenvalue weighted by atomic mass is 16.5. The Morgan fingerprint density at radius 3 is 2.54 bits per heavy atom. The third-order valence-corrected chi connectivity index (χ3v) is 2.19. The highest BCUT2D eigenvalue weighted by Gasteiger charge is 2.11. The number of ether oxygens (including phenoxy) is 1. The second kappa shape index (κ2) is 7.04. The molecule has 0 rings (SSSR count). The molecule has 0 saturated heterocycles. The lowest BCUT2D eigenvalue weighted by Crippen LogP contribution is -2.37. The van der Waals surface area contributed by atoms with Gasteiger partial charge in [-0.3, -0.25) is 9.69 Å². The molecule has 13 heavy (non-hydrogen) atoms. The lowest BCUT2D eigenvalue weighted by atomic mass is 10.2. The van der Waals surface area contributed by atoms with E-state index in [2.05, 4.69) is 18.7 Å². The van der Waals surface area contributed by atoms with Crippen LogP contribution in [0.25, 0.3) is 0 Å². The molecule has 1 unspecified atom stereocenters. The van der Waals surface area contributed by atoms with Crippen molar-refractivity contribution in [2.75, 3.05) is 26.8 Å². The Balaban J connectivity index is 3.79. The van der Waals surface area contributed by atoms with Gasteiger partial charge in [0.1, 0.15) is 5.78 Å². The first-order valence-electron chi connectivity index (χ1n) is 4.84. The van der Waals surface area contributed by atoms with Gasteiger partial charge in [-0.05, 0) is 20.4 Å². The van der Waals surface area contributed by atoms with Crippen molar-refractivity contribution >= 4 is 5.78 Å². The van der Waals surface area contributed by atoms with Gasteiger partial charge in [0, 0.05) is 26.1 Å². The maximum atomic E-state index is 10.8. The molecule has 0 aromatic rings. The molecular weight excluding hydrogens is 166 g/mol. The van der Waals surface area contributed by atoms with Crippen LogP contribution in [0.2, 0.25) is 0 Å². The number of carbonyl (C=O) groups excluding carboxylic acids is 1. The van der Waals surface area contributed by atoms with Gasteiger partial charge < -0.3 is 4.74 Å². The summed E-state index contributed by atoms with van der Waals surface area (Å²) in [5, 5.41) is 0. The molecule has 0 aliphatic carbocycles. The van der Waals surface area contributed by atoms with Crippen molar-refractivity contribution in [1.29, 1.82) is 0 Å². The van der Waals surface area contributed by atoms with Crippen LogP contribution in [0.15, 0.2) is 0 Å². The summed E-state index contributed by atoms with van der Waals surface area (Å²) in [7, 11) is 1.70. The fraction of sp³-hybridized carbons (Fsp3) is 0.900. The molecule has 0 aliphatic rings. The van der Waals surface area contributed by atoms with E-state index in [-0.39, 0.29) is 5.78 Å². The van der Waals surface area contributed by atoms with E-state index in [1.807, 2.05) is 0 Å². The SMILES string of the molecule is CCN(CCC(C)=O)C(C)COC. The third-order valence-electron chi connectivity index (χ3n) is 2.19. The van der Waals surface area contributed by atoms with Crippen molar-refractivity contribution in [2.24, 2.45) is 0 Å². The Morgan fingerprint density at radius 2 is 2.15 bits per heavy atom. The first kappa shape index (κ1) is 12.6. The first-order valence-corrected chi connectivity index (χ1v) is 4.84. The van der Waals surface area contributed by atoms with Crippen molar-refractivity contribution in [2.45, 2.75) is 33.2 Å². The van der Waals surface area contributed by atoms with E-state index in [1.165, 1.54) is 0 Å². The number of rotatable bonds is 7. The molecule has 0 N–H and O–H groups in total. The average Bonchev–Trinajstić information content (AvgIpc) is 2.05. The number of carbonyl (C=O) groups is 1. The van der Waals surface area contributed by atoms with E-state index < -0.39 is 0 Å². The number of methoxy groups -OCH3 is 1. The maximum absolute atomic E-state index is 10.8. The van der Waals surface area contributed by atoms with Gasteiger partial charge in [-0.1, -0.05) is 6.92 Å². The summed E-state index contributed by atoms with van der Waals surface area (Å²) in [6.45, 7) is 8.40. The summed E-state index contributed by atoms with van der Waals surface area (Å²) in [6, 6.07) is 0.398. The zero-order chi connectivity index (χ0) is 10.3. The monoisotopic (exact) mass is 187 g/mol. The van der Waals surface area contributed by atoms with Crippen LogP contribution in [0.5, 0.6) is 0 Å². The van der Waals surface area contributed by atoms with Crippen LogP contribution in [0.4, 0.5) is 0 Å². The van der Waals surface area contributed by atoms with Crippen molar-refractivity contribution in [3.63, 3.8) is 0 Å². The van der Waals surface area contributed by atoms with Gasteiger partial charge in [0.25, 0.3) is 0 Å². The quantitative estimate of drug-likeness (QED) is 0.602. The molecule has 0 spiro atoms. The molecule has 0 saturated carbocycles. The summed E-state index contributed by atoms with van der Waals surface area (Å²) < 4.78 is 5.07. The number of likely N-dealkylation sites (N-methyl/N-ethyl adjacent to an activating group) is 1. The van der Waals surface area contributed by atoms with Gasteiger partial charge in [-0.15, -0.1) is 0 Å². The van der Waals surface area contributed by atoms with Crippen LogP contribution in [0, 0.1) is 0 Å².